The highest BCUT2D eigenvalue weighted by atomic mass is 32.2. The van der Waals surface area contributed by atoms with Crippen molar-refractivity contribution < 1.29 is 14.3 Å². The van der Waals surface area contributed by atoms with Crippen LogP contribution in [0.1, 0.15) is 25.0 Å². The van der Waals surface area contributed by atoms with Crippen LogP contribution in [-0.4, -0.2) is 29.4 Å². The van der Waals surface area contributed by atoms with E-state index in [1.165, 1.54) is 11.8 Å². The normalized spacial score (nSPS) is 11.6. The second kappa shape index (κ2) is 10.0. The molecule has 0 spiro atoms. The third-order valence-electron chi connectivity index (χ3n) is 3.95. The average Bonchev–Trinajstić information content (AvgIpc) is 2.64. The smallest absolute Gasteiger partial charge is 0.237 e. The van der Waals surface area contributed by atoms with E-state index in [0.29, 0.717) is 18.0 Å². The highest BCUT2D eigenvalue weighted by molar-refractivity contribution is 8.01. The summed E-state index contributed by atoms with van der Waals surface area (Å²) in [5.41, 5.74) is 3.54. The number of rotatable bonds is 8. The molecule has 0 saturated heterocycles. The summed E-state index contributed by atoms with van der Waals surface area (Å²) in [4.78, 5) is 24.6. The van der Waals surface area contributed by atoms with Crippen molar-refractivity contribution in [3.05, 3.63) is 53.6 Å². The molecular formula is C21H26N2O3S. The van der Waals surface area contributed by atoms with Gasteiger partial charge in [0.15, 0.2) is 0 Å². The summed E-state index contributed by atoms with van der Waals surface area (Å²) in [6.45, 7) is 8.16. The van der Waals surface area contributed by atoms with Gasteiger partial charge in [-0.05, 0) is 57.0 Å². The molecule has 144 valence electrons. The van der Waals surface area contributed by atoms with Gasteiger partial charge in [0.25, 0.3) is 0 Å². The Morgan fingerprint density at radius 1 is 1.07 bits per heavy atom. The van der Waals surface area contributed by atoms with E-state index in [9.17, 15) is 9.59 Å². The van der Waals surface area contributed by atoms with Gasteiger partial charge in [0.1, 0.15) is 5.75 Å². The molecule has 0 bridgehead atoms. The van der Waals surface area contributed by atoms with Gasteiger partial charge >= 0.3 is 0 Å². The Kier molecular flexibility index (Phi) is 7.73. The molecule has 27 heavy (non-hydrogen) atoms. The number of carbonyl (C=O) groups excluding carboxylic acids is 2. The zero-order valence-electron chi connectivity index (χ0n) is 16.2. The summed E-state index contributed by atoms with van der Waals surface area (Å²) in [5.74, 6) is 0.538. The van der Waals surface area contributed by atoms with Crippen LogP contribution < -0.4 is 15.4 Å². The van der Waals surface area contributed by atoms with Crippen LogP contribution in [0.5, 0.6) is 5.75 Å². The summed E-state index contributed by atoms with van der Waals surface area (Å²) in [7, 11) is 0. The van der Waals surface area contributed by atoms with Gasteiger partial charge in [0, 0.05) is 5.69 Å². The van der Waals surface area contributed by atoms with E-state index < -0.39 is 0 Å². The zero-order chi connectivity index (χ0) is 19.8. The quantitative estimate of drug-likeness (QED) is 0.706. The molecule has 6 heteroatoms. The number of hydrogen-bond acceptors (Lipinski definition) is 4. The van der Waals surface area contributed by atoms with E-state index >= 15 is 0 Å². The van der Waals surface area contributed by atoms with Crippen molar-refractivity contribution in [2.75, 3.05) is 23.0 Å². The minimum atomic E-state index is -0.349. The number of hydrogen-bond donors (Lipinski definition) is 2. The van der Waals surface area contributed by atoms with Crippen LogP contribution in [0.4, 0.5) is 11.4 Å². The van der Waals surface area contributed by atoms with Crippen molar-refractivity contribution in [2.24, 2.45) is 0 Å². The Morgan fingerprint density at radius 2 is 1.81 bits per heavy atom. The lowest BCUT2D eigenvalue weighted by Gasteiger charge is -2.15. The molecule has 5 nitrogen and oxygen atoms in total. The maximum Gasteiger partial charge on any atom is 0.237 e. The lowest BCUT2D eigenvalue weighted by atomic mass is 10.1. The van der Waals surface area contributed by atoms with Crippen molar-refractivity contribution in [3.63, 3.8) is 0 Å². The van der Waals surface area contributed by atoms with Gasteiger partial charge in [0.05, 0.1) is 23.3 Å². The Balaban J connectivity index is 1.87. The van der Waals surface area contributed by atoms with Crippen LogP contribution in [0.25, 0.3) is 0 Å². The second-order valence-electron chi connectivity index (χ2n) is 6.24. The number of para-hydroxylation sites is 2. The van der Waals surface area contributed by atoms with Crippen molar-refractivity contribution in [3.8, 4) is 5.75 Å². The molecule has 0 radical (unpaired) electrons. The van der Waals surface area contributed by atoms with Crippen molar-refractivity contribution in [2.45, 2.75) is 32.9 Å². The van der Waals surface area contributed by atoms with E-state index in [4.69, 9.17) is 4.74 Å². The first-order chi connectivity index (χ1) is 12.9. The third kappa shape index (κ3) is 6.32. The van der Waals surface area contributed by atoms with Gasteiger partial charge in [-0.25, -0.2) is 0 Å². The van der Waals surface area contributed by atoms with E-state index in [-0.39, 0.29) is 22.8 Å². The average molecular weight is 387 g/mol. The summed E-state index contributed by atoms with van der Waals surface area (Å²) < 4.78 is 5.50. The molecule has 2 aromatic carbocycles. The van der Waals surface area contributed by atoms with E-state index in [0.717, 1.165) is 16.8 Å². The Labute approximate surface area is 164 Å². The molecule has 2 rings (SSSR count). The van der Waals surface area contributed by atoms with E-state index in [1.807, 2.05) is 57.2 Å². The largest absolute Gasteiger partial charge is 0.492 e. The molecule has 0 heterocycles. The molecule has 2 N–H and O–H groups in total. The molecule has 0 aliphatic rings. The number of thioether (sulfide) groups is 1. The van der Waals surface area contributed by atoms with Crippen LogP contribution in [0.3, 0.4) is 0 Å². The third-order valence-corrected chi connectivity index (χ3v) is 5.09. The summed E-state index contributed by atoms with van der Waals surface area (Å²) in [6, 6.07) is 13.2. The molecule has 1 unspecified atom stereocenters. The fourth-order valence-corrected chi connectivity index (χ4v) is 3.10. The van der Waals surface area contributed by atoms with Gasteiger partial charge in [-0.2, -0.15) is 0 Å². The maximum atomic E-state index is 12.4. The predicted molar refractivity (Wildman–Crippen MR) is 113 cm³/mol. The monoisotopic (exact) mass is 386 g/mol. The first-order valence-corrected chi connectivity index (χ1v) is 9.97. The lowest BCUT2D eigenvalue weighted by Crippen LogP contribution is -2.25. The van der Waals surface area contributed by atoms with Gasteiger partial charge in [0.2, 0.25) is 11.8 Å². The minimum absolute atomic E-state index is 0.115. The number of ether oxygens (including phenoxy) is 1. The zero-order valence-corrected chi connectivity index (χ0v) is 17.0. The molecular weight excluding hydrogens is 360 g/mol. The van der Waals surface area contributed by atoms with Gasteiger partial charge in [-0.3, -0.25) is 9.59 Å². The predicted octanol–water partition coefficient (Wildman–Crippen LogP) is 4.40. The highest BCUT2D eigenvalue weighted by Gasteiger charge is 2.17. The van der Waals surface area contributed by atoms with Crippen LogP contribution in [0.15, 0.2) is 42.5 Å². The van der Waals surface area contributed by atoms with Crippen LogP contribution in [0, 0.1) is 13.8 Å². The molecule has 0 aromatic heterocycles. The Hall–Kier alpha value is -2.47. The van der Waals surface area contributed by atoms with E-state index in [2.05, 4.69) is 10.6 Å². The fraction of sp³-hybridized carbons (Fsp3) is 0.333. The molecule has 1 atom stereocenters. The number of amides is 2. The van der Waals surface area contributed by atoms with Crippen LogP contribution >= 0.6 is 11.8 Å². The highest BCUT2D eigenvalue weighted by Crippen LogP contribution is 2.24. The molecule has 2 aromatic rings. The Morgan fingerprint density at radius 3 is 2.56 bits per heavy atom. The number of anilines is 2. The minimum Gasteiger partial charge on any atom is -0.492 e. The molecule has 2 amide bonds. The van der Waals surface area contributed by atoms with E-state index in [1.54, 1.807) is 13.0 Å². The molecule has 0 fully saturated rings. The maximum absolute atomic E-state index is 12.4. The summed E-state index contributed by atoms with van der Waals surface area (Å²) in [6.07, 6.45) is 0. The van der Waals surface area contributed by atoms with Crippen LogP contribution in [-0.2, 0) is 9.59 Å². The number of nitrogens with one attached hydrogen (secondary N) is 2. The van der Waals surface area contributed by atoms with Crippen molar-refractivity contribution >= 4 is 35.0 Å². The topological polar surface area (TPSA) is 67.4 Å². The number of aryl methyl sites for hydroxylation is 2. The Bertz CT molecular complexity index is 808. The van der Waals surface area contributed by atoms with Crippen molar-refractivity contribution in [1.82, 2.24) is 0 Å². The standard InChI is InChI=1S/C21H26N2O3S/c1-5-26-19-9-7-6-8-17(19)22-20(24)13-27-16(4)21(25)23-18-12-14(2)10-11-15(18)3/h6-12,16H,5,13H2,1-4H3,(H,22,24)(H,23,25). The van der Waals surface area contributed by atoms with Gasteiger partial charge in [-0.15, -0.1) is 11.8 Å². The molecule has 0 aliphatic carbocycles. The second-order valence-corrected chi connectivity index (χ2v) is 7.57. The fourth-order valence-electron chi connectivity index (χ4n) is 2.42. The van der Waals surface area contributed by atoms with Gasteiger partial charge in [-0.1, -0.05) is 24.3 Å². The van der Waals surface area contributed by atoms with Gasteiger partial charge < -0.3 is 15.4 Å². The summed E-state index contributed by atoms with van der Waals surface area (Å²) in [5, 5.41) is 5.43. The van der Waals surface area contributed by atoms with Crippen LogP contribution in [0.2, 0.25) is 0 Å². The molecule has 0 saturated carbocycles. The first-order valence-electron chi connectivity index (χ1n) is 8.92. The van der Waals surface area contributed by atoms with Crippen molar-refractivity contribution in [1.29, 1.82) is 0 Å². The SMILES string of the molecule is CCOc1ccccc1NC(=O)CSC(C)C(=O)Nc1cc(C)ccc1C. The number of carbonyl (C=O) groups is 2. The molecule has 0 aliphatic heterocycles. The first kappa shape index (κ1) is 20.8. The lowest BCUT2D eigenvalue weighted by molar-refractivity contribution is -0.115. The number of benzene rings is 2. The summed E-state index contributed by atoms with van der Waals surface area (Å²) >= 11 is 1.30.